The number of carbonyl (C=O) groups excluding carboxylic acids is 1. The van der Waals surface area contributed by atoms with E-state index in [1.54, 1.807) is 18.2 Å². The first-order valence-corrected chi connectivity index (χ1v) is 6.85. The van der Waals surface area contributed by atoms with Gasteiger partial charge >= 0.3 is 0 Å². The van der Waals surface area contributed by atoms with E-state index in [2.05, 4.69) is 5.32 Å². The van der Waals surface area contributed by atoms with Crippen LogP contribution in [-0.2, 0) is 4.79 Å². The highest BCUT2D eigenvalue weighted by molar-refractivity contribution is 6.32. The van der Waals surface area contributed by atoms with Gasteiger partial charge in [-0.3, -0.25) is 4.79 Å². The van der Waals surface area contributed by atoms with E-state index in [-0.39, 0.29) is 5.91 Å². The number of methoxy groups -OCH3 is 1. The first-order valence-electron chi connectivity index (χ1n) is 6.48. The number of aryl methyl sites for hydroxylation is 1. The molecule has 4 nitrogen and oxygen atoms in total. The van der Waals surface area contributed by atoms with Gasteiger partial charge in [0.15, 0.2) is 0 Å². The highest BCUT2D eigenvalue weighted by atomic mass is 35.5. The Bertz CT molecular complexity index is 641. The predicted molar refractivity (Wildman–Crippen MR) is 84.7 cm³/mol. The monoisotopic (exact) mass is 304 g/mol. The zero-order valence-electron chi connectivity index (χ0n) is 11.9. The minimum atomic E-state index is -0.730. The summed E-state index contributed by atoms with van der Waals surface area (Å²) >= 11 is 6.02. The summed E-state index contributed by atoms with van der Waals surface area (Å²) in [6.45, 7) is 1.98. The Morgan fingerprint density at radius 1 is 1.24 bits per heavy atom. The second-order valence-corrected chi connectivity index (χ2v) is 5.13. The average Bonchev–Trinajstić information content (AvgIpc) is 2.47. The number of hydrogen-bond donors (Lipinski definition) is 2. The highest BCUT2D eigenvalue weighted by Crippen LogP contribution is 2.27. The maximum atomic E-state index is 12.2. The summed E-state index contributed by atoms with van der Waals surface area (Å²) in [6, 6.07) is 11.8. The van der Waals surface area contributed by atoms with Crippen molar-refractivity contribution in [3.63, 3.8) is 0 Å². The minimum absolute atomic E-state index is 0.292. The van der Waals surface area contributed by atoms with Gasteiger partial charge in [0.05, 0.1) is 12.1 Å². The number of benzene rings is 2. The molecule has 1 unspecified atom stereocenters. The van der Waals surface area contributed by atoms with Gasteiger partial charge in [-0.2, -0.15) is 0 Å². The van der Waals surface area contributed by atoms with Crippen LogP contribution in [0, 0.1) is 6.92 Å². The van der Waals surface area contributed by atoms with Gasteiger partial charge in [-0.05, 0) is 30.7 Å². The molecule has 0 bridgehead atoms. The summed E-state index contributed by atoms with van der Waals surface area (Å²) < 4.78 is 5.06. The summed E-state index contributed by atoms with van der Waals surface area (Å²) in [5.41, 5.74) is 8.42. The van der Waals surface area contributed by atoms with Crippen molar-refractivity contribution in [1.29, 1.82) is 0 Å². The molecule has 0 aromatic heterocycles. The molecule has 0 aliphatic carbocycles. The zero-order valence-corrected chi connectivity index (χ0v) is 12.6. The fourth-order valence-electron chi connectivity index (χ4n) is 1.89. The molecular formula is C16H17ClN2O2. The van der Waals surface area contributed by atoms with E-state index in [9.17, 15) is 4.79 Å². The van der Waals surface area contributed by atoms with Crippen LogP contribution in [0.5, 0.6) is 5.75 Å². The van der Waals surface area contributed by atoms with Gasteiger partial charge in [0.2, 0.25) is 5.91 Å². The third-order valence-electron chi connectivity index (χ3n) is 3.14. The summed E-state index contributed by atoms with van der Waals surface area (Å²) in [5.74, 6) is 0.262. The van der Waals surface area contributed by atoms with Crippen LogP contribution < -0.4 is 15.8 Å². The van der Waals surface area contributed by atoms with Crippen molar-refractivity contribution in [1.82, 2.24) is 0 Å². The molecule has 0 spiro atoms. The quantitative estimate of drug-likeness (QED) is 0.911. The van der Waals surface area contributed by atoms with E-state index in [4.69, 9.17) is 22.1 Å². The molecule has 1 atom stereocenters. The molecule has 2 aromatic carbocycles. The summed E-state index contributed by atoms with van der Waals surface area (Å²) in [7, 11) is 1.53. The molecular weight excluding hydrogens is 288 g/mol. The van der Waals surface area contributed by atoms with Gasteiger partial charge in [-0.25, -0.2) is 0 Å². The maximum absolute atomic E-state index is 12.2. The van der Waals surface area contributed by atoms with Crippen molar-refractivity contribution in [3.8, 4) is 5.75 Å². The lowest BCUT2D eigenvalue weighted by atomic mass is 10.1. The molecule has 0 heterocycles. The molecule has 0 fully saturated rings. The Morgan fingerprint density at radius 3 is 2.48 bits per heavy atom. The fourth-order valence-corrected chi connectivity index (χ4v) is 2.15. The van der Waals surface area contributed by atoms with Crippen LogP contribution in [0.15, 0.2) is 42.5 Å². The largest absolute Gasteiger partial charge is 0.495 e. The predicted octanol–water partition coefficient (Wildman–Crippen LogP) is 3.30. The second kappa shape index (κ2) is 6.61. The lowest BCUT2D eigenvalue weighted by molar-refractivity contribution is -0.117. The van der Waals surface area contributed by atoms with Crippen LogP contribution in [0.4, 0.5) is 5.69 Å². The van der Waals surface area contributed by atoms with Gasteiger partial charge in [0.1, 0.15) is 11.8 Å². The van der Waals surface area contributed by atoms with Crippen LogP contribution in [0.3, 0.4) is 0 Å². The van der Waals surface area contributed by atoms with Crippen molar-refractivity contribution < 1.29 is 9.53 Å². The van der Waals surface area contributed by atoms with Gasteiger partial charge in [-0.15, -0.1) is 0 Å². The van der Waals surface area contributed by atoms with Gasteiger partial charge < -0.3 is 15.8 Å². The Morgan fingerprint density at radius 2 is 1.90 bits per heavy atom. The lowest BCUT2D eigenvalue weighted by Crippen LogP contribution is -2.27. The normalized spacial score (nSPS) is 11.8. The number of amides is 1. The van der Waals surface area contributed by atoms with Crippen molar-refractivity contribution >= 4 is 23.2 Å². The molecule has 5 heteroatoms. The SMILES string of the molecule is COc1ccc(NC(=O)C(N)c2ccc(C)cc2)cc1Cl. The summed E-state index contributed by atoms with van der Waals surface area (Å²) in [4.78, 5) is 12.2. The number of nitrogens with one attached hydrogen (secondary N) is 1. The highest BCUT2D eigenvalue weighted by Gasteiger charge is 2.16. The van der Waals surface area contributed by atoms with Gasteiger partial charge in [0, 0.05) is 5.69 Å². The molecule has 0 aliphatic heterocycles. The molecule has 0 saturated carbocycles. The minimum Gasteiger partial charge on any atom is -0.495 e. The molecule has 21 heavy (non-hydrogen) atoms. The third kappa shape index (κ3) is 3.74. The molecule has 110 valence electrons. The Kier molecular flexibility index (Phi) is 4.83. The number of nitrogens with two attached hydrogens (primary N) is 1. The van der Waals surface area contributed by atoms with Crippen molar-refractivity contribution in [2.75, 3.05) is 12.4 Å². The van der Waals surface area contributed by atoms with E-state index in [0.717, 1.165) is 11.1 Å². The van der Waals surface area contributed by atoms with Crippen LogP contribution in [0.25, 0.3) is 0 Å². The Hall–Kier alpha value is -2.04. The number of halogens is 1. The molecule has 2 rings (SSSR count). The molecule has 1 amide bonds. The molecule has 0 aliphatic rings. The number of hydrogen-bond acceptors (Lipinski definition) is 3. The number of rotatable bonds is 4. The number of ether oxygens (including phenoxy) is 1. The lowest BCUT2D eigenvalue weighted by Gasteiger charge is -2.13. The van der Waals surface area contributed by atoms with Crippen LogP contribution >= 0.6 is 11.6 Å². The van der Waals surface area contributed by atoms with Crippen molar-refractivity contribution in [2.24, 2.45) is 5.73 Å². The van der Waals surface area contributed by atoms with Crippen LogP contribution in [-0.4, -0.2) is 13.0 Å². The van der Waals surface area contributed by atoms with E-state index in [1.807, 2.05) is 31.2 Å². The maximum Gasteiger partial charge on any atom is 0.245 e. The molecule has 3 N–H and O–H groups in total. The first kappa shape index (κ1) is 15.4. The van der Waals surface area contributed by atoms with Crippen LogP contribution in [0.2, 0.25) is 5.02 Å². The number of carbonyl (C=O) groups is 1. The van der Waals surface area contributed by atoms with Crippen molar-refractivity contribution in [2.45, 2.75) is 13.0 Å². The Balaban J connectivity index is 2.10. The van der Waals surface area contributed by atoms with E-state index in [0.29, 0.717) is 16.5 Å². The Labute approximate surface area is 128 Å². The number of anilines is 1. The standard InChI is InChI=1S/C16H17ClN2O2/c1-10-3-5-11(6-4-10)15(18)16(20)19-12-7-8-14(21-2)13(17)9-12/h3-9,15H,18H2,1-2H3,(H,19,20). The summed E-state index contributed by atoms with van der Waals surface area (Å²) in [6.07, 6.45) is 0. The topological polar surface area (TPSA) is 64.3 Å². The average molecular weight is 305 g/mol. The van der Waals surface area contributed by atoms with Crippen LogP contribution in [0.1, 0.15) is 17.2 Å². The third-order valence-corrected chi connectivity index (χ3v) is 3.43. The summed E-state index contributed by atoms with van der Waals surface area (Å²) in [5, 5.41) is 3.17. The van der Waals surface area contributed by atoms with E-state index in [1.165, 1.54) is 7.11 Å². The van der Waals surface area contributed by atoms with Gasteiger partial charge in [0.25, 0.3) is 0 Å². The van der Waals surface area contributed by atoms with Crippen molar-refractivity contribution in [3.05, 3.63) is 58.6 Å². The molecule has 0 radical (unpaired) electrons. The zero-order chi connectivity index (χ0) is 15.4. The second-order valence-electron chi connectivity index (χ2n) is 4.73. The smallest absolute Gasteiger partial charge is 0.245 e. The fraction of sp³-hybridized carbons (Fsp3) is 0.188. The molecule has 0 saturated heterocycles. The van der Waals surface area contributed by atoms with E-state index >= 15 is 0 Å². The van der Waals surface area contributed by atoms with E-state index < -0.39 is 6.04 Å². The van der Waals surface area contributed by atoms with Gasteiger partial charge in [-0.1, -0.05) is 41.4 Å². The molecule has 2 aromatic rings. The first-order chi connectivity index (χ1) is 10.0.